The molecule has 2 aromatic rings. The molecule has 1 aliphatic rings. The van der Waals surface area contributed by atoms with E-state index in [9.17, 15) is 0 Å². The Bertz CT molecular complexity index is 539. The Morgan fingerprint density at radius 3 is 2.95 bits per heavy atom. The maximum Gasteiger partial charge on any atom is 0.151 e. The maximum atomic E-state index is 4.47. The second-order valence-electron chi connectivity index (χ2n) is 5.05. The summed E-state index contributed by atoms with van der Waals surface area (Å²) in [5.41, 5.74) is 3.61. The fourth-order valence-corrected chi connectivity index (χ4v) is 2.56. The summed E-state index contributed by atoms with van der Waals surface area (Å²) in [5, 5.41) is 11.1. The van der Waals surface area contributed by atoms with E-state index in [2.05, 4.69) is 57.7 Å². The van der Waals surface area contributed by atoms with E-state index in [1.807, 2.05) is 0 Å². The summed E-state index contributed by atoms with van der Waals surface area (Å²) in [6, 6.07) is 10.6. The van der Waals surface area contributed by atoms with Gasteiger partial charge in [0.05, 0.1) is 5.69 Å². The predicted molar refractivity (Wildman–Crippen MR) is 78.5 cm³/mol. The molecule has 0 aliphatic carbocycles. The zero-order chi connectivity index (χ0) is 13.1. The number of aromatic amines is 1. The summed E-state index contributed by atoms with van der Waals surface area (Å²) in [7, 11) is 0. The molecule has 0 atom stereocenters. The molecule has 1 aliphatic heterocycles. The Hall–Kier alpha value is -1.81. The third-order valence-corrected chi connectivity index (χ3v) is 3.66. The third kappa shape index (κ3) is 2.63. The van der Waals surface area contributed by atoms with Crippen LogP contribution in [0.1, 0.15) is 12.0 Å². The first-order valence-electron chi connectivity index (χ1n) is 6.92. The highest BCUT2D eigenvalue weighted by molar-refractivity contribution is 5.66. The van der Waals surface area contributed by atoms with Gasteiger partial charge in [-0.2, -0.15) is 5.10 Å². The number of aryl methyl sites for hydroxylation is 1. The van der Waals surface area contributed by atoms with Gasteiger partial charge in [-0.3, -0.25) is 5.10 Å². The number of aromatic nitrogens is 2. The van der Waals surface area contributed by atoms with E-state index in [4.69, 9.17) is 0 Å². The topological polar surface area (TPSA) is 44.0 Å². The summed E-state index contributed by atoms with van der Waals surface area (Å²) in [5.74, 6) is 1.06. The number of hydrogen-bond acceptors (Lipinski definition) is 3. The van der Waals surface area contributed by atoms with Crippen LogP contribution in [0.4, 0.5) is 5.82 Å². The van der Waals surface area contributed by atoms with E-state index < -0.39 is 0 Å². The van der Waals surface area contributed by atoms with Crippen LogP contribution in [0.15, 0.2) is 30.3 Å². The minimum absolute atomic E-state index is 1.03. The van der Waals surface area contributed by atoms with E-state index in [0.29, 0.717) is 0 Å². The lowest BCUT2D eigenvalue weighted by molar-refractivity contribution is 0.724. The number of H-pyrrole nitrogens is 1. The molecule has 2 N–H and O–H groups in total. The molecule has 1 fully saturated rings. The van der Waals surface area contributed by atoms with E-state index >= 15 is 0 Å². The van der Waals surface area contributed by atoms with Crippen LogP contribution >= 0.6 is 0 Å². The largest absolute Gasteiger partial charge is 0.354 e. The molecule has 0 amide bonds. The first-order valence-corrected chi connectivity index (χ1v) is 6.92. The monoisotopic (exact) mass is 256 g/mol. The number of hydrogen-bond donors (Lipinski definition) is 2. The van der Waals surface area contributed by atoms with Crippen LogP contribution in [0.25, 0.3) is 11.3 Å². The van der Waals surface area contributed by atoms with Crippen LogP contribution in [0, 0.1) is 6.92 Å². The fraction of sp³-hybridized carbons (Fsp3) is 0.400. The lowest BCUT2D eigenvalue weighted by Crippen LogP contribution is -2.28. The van der Waals surface area contributed by atoms with Crippen molar-refractivity contribution in [2.24, 2.45) is 0 Å². The SMILES string of the molecule is Cc1ccccc1-c1cc(N2CCCNCC2)n[nH]1. The van der Waals surface area contributed by atoms with Crippen molar-refractivity contribution in [3.63, 3.8) is 0 Å². The van der Waals surface area contributed by atoms with E-state index in [1.54, 1.807) is 0 Å². The van der Waals surface area contributed by atoms with Crippen LogP contribution in [0.3, 0.4) is 0 Å². The van der Waals surface area contributed by atoms with Gasteiger partial charge < -0.3 is 10.2 Å². The third-order valence-electron chi connectivity index (χ3n) is 3.66. The molecule has 0 spiro atoms. The summed E-state index contributed by atoms with van der Waals surface area (Å²) in [4.78, 5) is 2.35. The van der Waals surface area contributed by atoms with Crippen molar-refractivity contribution in [2.45, 2.75) is 13.3 Å². The van der Waals surface area contributed by atoms with Gasteiger partial charge in [0.15, 0.2) is 5.82 Å². The zero-order valence-corrected chi connectivity index (χ0v) is 11.3. The van der Waals surface area contributed by atoms with Crippen LogP contribution in [0.2, 0.25) is 0 Å². The second kappa shape index (κ2) is 5.45. The van der Waals surface area contributed by atoms with Crippen molar-refractivity contribution in [3.8, 4) is 11.3 Å². The minimum atomic E-state index is 1.03. The molecular formula is C15H20N4. The molecule has 3 rings (SSSR count). The van der Waals surface area contributed by atoms with Crippen molar-refractivity contribution >= 4 is 5.82 Å². The van der Waals surface area contributed by atoms with Crippen molar-refractivity contribution < 1.29 is 0 Å². The molecule has 4 nitrogen and oxygen atoms in total. The Labute approximate surface area is 113 Å². The molecule has 2 heterocycles. The summed E-state index contributed by atoms with van der Waals surface area (Å²) in [6.07, 6.45) is 1.17. The lowest BCUT2D eigenvalue weighted by Gasteiger charge is -2.18. The molecule has 0 unspecified atom stereocenters. The van der Waals surface area contributed by atoms with Gasteiger partial charge in [-0.05, 0) is 25.5 Å². The highest BCUT2D eigenvalue weighted by Gasteiger charge is 2.13. The number of anilines is 1. The quantitative estimate of drug-likeness (QED) is 0.865. The number of nitrogens with one attached hydrogen (secondary N) is 2. The molecule has 1 saturated heterocycles. The molecule has 1 aromatic carbocycles. The molecular weight excluding hydrogens is 236 g/mol. The predicted octanol–water partition coefficient (Wildman–Crippen LogP) is 2.18. The fourth-order valence-electron chi connectivity index (χ4n) is 2.56. The normalized spacial score (nSPS) is 16.4. The highest BCUT2D eigenvalue weighted by atomic mass is 15.3. The standard InChI is InChI=1S/C15H20N4/c1-12-5-2-3-6-13(12)14-11-15(18-17-14)19-9-4-7-16-8-10-19/h2-3,5-6,11,16H,4,7-10H2,1H3,(H,17,18). The molecule has 0 bridgehead atoms. The van der Waals surface area contributed by atoms with Crippen LogP contribution < -0.4 is 10.2 Å². The zero-order valence-electron chi connectivity index (χ0n) is 11.3. The molecule has 0 radical (unpaired) electrons. The van der Waals surface area contributed by atoms with Gasteiger partial charge in [-0.25, -0.2) is 0 Å². The van der Waals surface area contributed by atoms with Gasteiger partial charge in [-0.1, -0.05) is 24.3 Å². The Morgan fingerprint density at radius 1 is 1.16 bits per heavy atom. The number of rotatable bonds is 2. The van der Waals surface area contributed by atoms with E-state index in [0.717, 1.165) is 37.7 Å². The average Bonchev–Trinajstić information content (AvgIpc) is 2.75. The van der Waals surface area contributed by atoms with Gasteiger partial charge in [0.25, 0.3) is 0 Å². The van der Waals surface area contributed by atoms with Gasteiger partial charge >= 0.3 is 0 Å². The summed E-state index contributed by atoms with van der Waals surface area (Å²) < 4.78 is 0. The summed E-state index contributed by atoms with van der Waals surface area (Å²) in [6.45, 7) is 6.37. The molecule has 0 saturated carbocycles. The first kappa shape index (κ1) is 12.2. The van der Waals surface area contributed by atoms with Gasteiger partial charge in [0.2, 0.25) is 0 Å². The van der Waals surface area contributed by atoms with Crippen molar-refractivity contribution in [3.05, 3.63) is 35.9 Å². The molecule has 1 aromatic heterocycles. The van der Waals surface area contributed by atoms with Gasteiger partial charge in [0.1, 0.15) is 0 Å². The first-order chi connectivity index (χ1) is 9.34. The van der Waals surface area contributed by atoms with Crippen LogP contribution in [-0.4, -0.2) is 36.4 Å². The Kier molecular flexibility index (Phi) is 3.51. The van der Waals surface area contributed by atoms with Crippen molar-refractivity contribution in [1.82, 2.24) is 15.5 Å². The van der Waals surface area contributed by atoms with Gasteiger partial charge in [-0.15, -0.1) is 0 Å². The maximum absolute atomic E-state index is 4.47. The number of benzene rings is 1. The van der Waals surface area contributed by atoms with Crippen LogP contribution in [-0.2, 0) is 0 Å². The highest BCUT2D eigenvalue weighted by Crippen LogP contribution is 2.24. The van der Waals surface area contributed by atoms with Crippen molar-refractivity contribution in [2.75, 3.05) is 31.1 Å². The minimum Gasteiger partial charge on any atom is -0.354 e. The lowest BCUT2D eigenvalue weighted by atomic mass is 10.1. The Balaban J connectivity index is 1.85. The summed E-state index contributed by atoms with van der Waals surface area (Å²) >= 11 is 0. The Morgan fingerprint density at radius 2 is 2.05 bits per heavy atom. The smallest absolute Gasteiger partial charge is 0.151 e. The van der Waals surface area contributed by atoms with E-state index in [-0.39, 0.29) is 0 Å². The number of nitrogens with zero attached hydrogens (tertiary/aromatic N) is 2. The average molecular weight is 256 g/mol. The molecule has 100 valence electrons. The van der Waals surface area contributed by atoms with Crippen LogP contribution in [0.5, 0.6) is 0 Å². The molecule has 4 heteroatoms. The van der Waals surface area contributed by atoms with Crippen molar-refractivity contribution in [1.29, 1.82) is 0 Å². The second-order valence-corrected chi connectivity index (χ2v) is 5.05. The molecule has 19 heavy (non-hydrogen) atoms. The van der Waals surface area contributed by atoms with E-state index in [1.165, 1.54) is 17.5 Å². The van der Waals surface area contributed by atoms with Gasteiger partial charge in [0, 0.05) is 31.3 Å².